The van der Waals surface area contributed by atoms with Crippen LogP contribution in [-0.4, -0.2) is 31.8 Å². The molecule has 0 saturated carbocycles. The summed E-state index contributed by atoms with van der Waals surface area (Å²) in [7, 11) is 0. The molecule has 0 bridgehead atoms. The van der Waals surface area contributed by atoms with Crippen molar-refractivity contribution in [3.05, 3.63) is 34.3 Å². The van der Waals surface area contributed by atoms with Crippen LogP contribution in [0.25, 0.3) is 0 Å². The van der Waals surface area contributed by atoms with Crippen LogP contribution in [0.2, 0.25) is 0 Å². The number of benzene rings is 1. The third-order valence-corrected chi connectivity index (χ3v) is 3.37. The van der Waals surface area contributed by atoms with Crippen molar-refractivity contribution in [2.75, 3.05) is 19.8 Å². The highest BCUT2D eigenvalue weighted by molar-refractivity contribution is 9.10. The molecule has 18 heavy (non-hydrogen) atoms. The maximum absolute atomic E-state index is 11.9. The average molecular weight is 314 g/mol. The smallest absolute Gasteiger partial charge is 0.252 e. The van der Waals surface area contributed by atoms with Gasteiger partial charge in [0.2, 0.25) is 0 Å². The molecule has 98 valence electrons. The molecular weight excluding hydrogens is 298 g/mol. The molecule has 5 heteroatoms. The van der Waals surface area contributed by atoms with Crippen molar-refractivity contribution in [3.63, 3.8) is 0 Å². The lowest BCUT2D eigenvalue weighted by Gasteiger charge is -2.24. The number of rotatable bonds is 3. The van der Waals surface area contributed by atoms with E-state index in [1.54, 1.807) is 0 Å². The molecule has 2 atom stereocenters. The summed E-state index contributed by atoms with van der Waals surface area (Å²) in [6.45, 7) is 3.32. The Bertz CT molecular complexity index is 401. The second kappa shape index (κ2) is 6.31. The van der Waals surface area contributed by atoms with E-state index in [1.165, 1.54) is 0 Å². The Balaban J connectivity index is 1.91. The summed E-state index contributed by atoms with van der Waals surface area (Å²) in [5, 5.41) is 2.93. The largest absolute Gasteiger partial charge is 0.376 e. The topological polar surface area (TPSA) is 47.6 Å². The summed E-state index contributed by atoms with van der Waals surface area (Å²) in [5.74, 6) is -0.120. The zero-order valence-corrected chi connectivity index (χ0v) is 11.8. The summed E-state index contributed by atoms with van der Waals surface area (Å²) >= 11 is 3.38. The Morgan fingerprint density at radius 3 is 2.72 bits per heavy atom. The van der Waals surface area contributed by atoms with E-state index in [9.17, 15) is 4.79 Å². The van der Waals surface area contributed by atoms with Gasteiger partial charge in [-0.2, -0.15) is 0 Å². The minimum atomic E-state index is -0.489. The molecule has 1 aromatic rings. The van der Waals surface area contributed by atoms with Gasteiger partial charge >= 0.3 is 0 Å². The van der Waals surface area contributed by atoms with Gasteiger partial charge in [-0.25, -0.2) is 0 Å². The molecule has 0 radical (unpaired) electrons. The molecule has 0 aromatic heterocycles. The number of hydrogen-bond acceptors (Lipinski definition) is 3. The van der Waals surface area contributed by atoms with E-state index in [2.05, 4.69) is 21.2 Å². The normalized spacial score (nSPS) is 21.3. The van der Waals surface area contributed by atoms with Gasteiger partial charge in [-0.15, -0.1) is 0 Å². The quantitative estimate of drug-likeness (QED) is 0.929. The molecule has 1 amide bonds. The van der Waals surface area contributed by atoms with Gasteiger partial charge < -0.3 is 14.8 Å². The van der Waals surface area contributed by atoms with E-state index < -0.39 is 6.10 Å². The molecule has 1 aliphatic heterocycles. The van der Waals surface area contributed by atoms with E-state index in [1.807, 2.05) is 31.2 Å². The van der Waals surface area contributed by atoms with Gasteiger partial charge in [-0.05, 0) is 24.6 Å². The first-order chi connectivity index (χ1) is 8.66. The fourth-order valence-electron chi connectivity index (χ4n) is 1.78. The van der Waals surface area contributed by atoms with Crippen LogP contribution < -0.4 is 5.32 Å². The Morgan fingerprint density at radius 1 is 1.39 bits per heavy atom. The minimum Gasteiger partial charge on any atom is -0.376 e. The number of hydrogen-bond donors (Lipinski definition) is 1. The van der Waals surface area contributed by atoms with E-state index in [0.29, 0.717) is 19.8 Å². The van der Waals surface area contributed by atoms with Gasteiger partial charge in [-0.3, -0.25) is 4.79 Å². The fraction of sp³-hybridized carbons (Fsp3) is 0.462. The zero-order chi connectivity index (χ0) is 13.0. The first-order valence-corrected chi connectivity index (χ1v) is 6.71. The first-order valence-electron chi connectivity index (χ1n) is 5.92. The van der Waals surface area contributed by atoms with Gasteiger partial charge in [0.1, 0.15) is 0 Å². The molecule has 0 spiro atoms. The van der Waals surface area contributed by atoms with E-state index in [0.717, 1.165) is 10.0 Å². The van der Waals surface area contributed by atoms with Gasteiger partial charge in [0.15, 0.2) is 6.10 Å². The fourth-order valence-corrected chi connectivity index (χ4v) is 2.04. The lowest BCUT2D eigenvalue weighted by atomic mass is 10.1. The second-order valence-electron chi connectivity index (χ2n) is 4.22. The molecule has 1 N–H and O–H groups in total. The number of nitrogens with one attached hydrogen (secondary N) is 1. The van der Waals surface area contributed by atoms with Crippen LogP contribution >= 0.6 is 15.9 Å². The van der Waals surface area contributed by atoms with Crippen molar-refractivity contribution in [1.29, 1.82) is 0 Å². The van der Waals surface area contributed by atoms with E-state index in [-0.39, 0.29) is 11.9 Å². The molecule has 1 saturated heterocycles. The molecule has 4 nitrogen and oxygen atoms in total. The molecule has 2 rings (SSSR count). The zero-order valence-electron chi connectivity index (χ0n) is 10.2. The van der Waals surface area contributed by atoms with Crippen LogP contribution in [0, 0.1) is 0 Å². The van der Waals surface area contributed by atoms with Gasteiger partial charge in [-0.1, -0.05) is 28.1 Å². The lowest BCUT2D eigenvalue weighted by molar-refractivity contribution is -0.148. The van der Waals surface area contributed by atoms with E-state index >= 15 is 0 Å². The second-order valence-corrected chi connectivity index (χ2v) is 5.13. The van der Waals surface area contributed by atoms with Crippen LogP contribution in [0.1, 0.15) is 18.5 Å². The summed E-state index contributed by atoms with van der Waals surface area (Å²) in [4.78, 5) is 11.9. The third-order valence-electron chi connectivity index (χ3n) is 2.84. The number of ether oxygens (including phenoxy) is 2. The highest BCUT2D eigenvalue weighted by atomic mass is 79.9. The molecule has 1 heterocycles. The maximum Gasteiger partial charge on any atom is 0.252 e. The summed E-state index contributed by atoms with van der Waals surface area (Å²) < 4.78 is 11.6. The van der Waals surface area contributed by atoms with Gasteiger partial charge in [0.25, 0.3) is 5.91 Å². The minimum absolute atomic E-state index is 0.0453. The molecule has 1 fully saturated rings. The van der Waals surface area contributed by atoms with Crippen LogP contribution in [0.3, 0.4) is 0 Å². The van der Waals surface area contributed by atoms with E-state index in [4.69, 9.17) is 9.47 Å². The Labute approximate surface area is 115 Å². The van der Waals surface area contributed by atoms with Crippen molar-refractivity contribution in [1.82, 2.24) is 5.32 Å². The Morgan fingerprint density at radius 2 is 2.11 bits per heavy atom. The predicted octanol–water partition coefficient (Wildman–Crippen LogP) is 2.04. The Kier molecular flexibility index (Phi) is 4.74. The highest BCUT2D eigenvalue weighted by Gasteiger charge is 2.23. The monoisotopic (exact) mass is 313 g/mol. The van der Waals surface area contributed by atoms with Gasteiger partial charge in [0.05, 0.1) is 25.9 Å². The molecule has 1 aliphatic rings. The maximum atomic E-state index is 11.9. The van der Waals surface area contributed by atoms with Gasteiger partial charge in [0, 0.05) is 4.47 Å². The highest BCUT2D eigenvalue weighted by Crippen LogP contribution is 2.16. The predicted molar refractivity (Wildman–Crippen MR) is 71.3 cm³/mol. The van der Waals surface area contributed by atoms with Crippen LogP contribution in [0.4, 0.5) is 0 Å². The summed E-state index contributed by atoms with van der Waals surface area (Å²) in [5.41, 5.74) is 1.06. The molecule has 2 unspecified atom stereocenters. The first kappa shape index (κ1) is 13.5. The summed E-state index contributed by atoms with van der Waals surface area (Å²) in [6, 6.07) is 7.83. The number of carbonyl (C=O) groups excluding carboxylic acids is 1. The van der Waals surface area contributed by atoms with Crippen LogP contribution in [-0.2, 0) is 14.3 Å². The van der Waals surface area contributed by atoms with Crippen LogP contribution in [0.15, 0.2) is 28.7 Å². The molecular formula is C13H16BrNO3. The van der Waals surface area contributed by atoms with Crippen molar-refractivity contribution < 1.29 is 14.3 Å². The number of amides is 1. The SMILES string of the molecule is CC(NC(=O)C1COCCO1)c1ccc(Br)cc1. The molecule has 1 aromatic carbocycles. The van der Waals surface area contributed by atoms with Crippen LogP contribution in [0.5, 0.6) is 0 Å². The number of halogens is 1. The standard InChI is InChI=1S/C13H16BrNO3/c1-9(10-2-4-11(14)5-3-10)15-13(16)12-8-17-6-7-18-12/h2-5,9,12H,6-8H2,1H3,(H,15,16). The van der Waals surface area contributed by atoms with Crippen molar-refractivity contribution >= 4 is 21.8 Å². The molecule has 0 aliphatic carbocycles. The Hall–Kier alpha value is -0.910. The van der Waals surface area contributed by atoms with Crippen molar-refractivity contribution in [3.8, 4) is 0 Å². The number of carbonyl (C=O) groups is 1. The average Bonchev–Trinajstić information content (AvgIpc) is 2.40. The van der Waals surface area contributed by atoms with Crippen molar-refractivity contribution in [2.24, 2.45) is 0 Å². The lowest BCUT2D eigenvalue weighted by Crippen LogP contribution is -2.43. The third kappa shape index (κ3) is 3.54. The summed E-state index contributed by atoms with van der Waals surface area (Å²) in [6.07, 6.45) is -0.489. The van der Waals surface area contributed by atoms with Crippen molar-refractivity contribution in [2.45, 2.75) is 19.1 Å².